The molecule has 0 bridgehead atoms. The summed E-state index contributed by atoms with van der Waals surface area (Å²) in [5, 5.41) is 11.7. The third kappa shape index (κ3) is 4.04. The molecule has 1 aromatic heterocycles. The molecule has 1 fully saturated rings. The van der Waals surface area contributed by atoms with Gasteiger partial charge in [0.25, 0.3) is 0 Å². The number of thioether (sulfide) groups is 1. The molecule has 1 aromatic carbocycles. The quantitative estimate of drug-likeness (QED) is 0.436. The van der Waals surface area contributed by atoms with Crippen LogP contribution >= 0.6 is 11.8 Å². The van der Waals surface area contributed by atoms with Gasteiger partial charge >= 0.3 is 0 Å². The van der Waals surface area contributed by atoms with Crippen LogP contribution in [0.25, 0.3) is 0 Å². The fourth-order valence-corrected chi connectivity index (χ4v) is 3.54. The van der Waals surface area contributed by atoms with Crippen LogP contribution < -0.4 is 5.32 Å². The van der Waals surface area contributed by atoms with Crippen molar-refractivity contribution in [3.8, 4) is 0 Å². The van der Waals surface area contributed by atoms with Crippen LogP contribution in [0.5, 0.6) is 0 Å². The van der Waals surface area contributed by atoms with E-state index in [9.17, 15) is 9.59 Å². The van der Waals surface area contributed by atoms with Crippen molar-refractivity contribution >= 4 is 29.1 Å². The minimum atomic E-state index is -0.380. The summed E-state index contributed by atoms with van der Waals surface area (Å²) in [5.41, 5.74) is 1.03. The molecule has 0 saturated heterocycles. The van der Waals surface area contributed by atoms with E-state index in [0.29, 0.717) is 28.9 Å². The van der Waals surface area contributed by atoms with Gasteiger partial charge in [0.1, 0.15) is 5.82 Å². The summed E-state index contributed by atoms with van der Waals surface area (Å²) >= 11 is 1.36. The Labute approximate surface area is 157 Å². The number of amides is 1. The number of hydrogen-bond donors (Lipinski definition) is 1. The fourth-order valence-electron chi connectivity index (χ4n) is 2.68. The van der Waals surface area contributed by atoms with Crippen LogP contribution in [-0.4, -0.2) is 31.7 Å². The highest BCUT2D eigenvalue weighted by molar-refractivity contribution is 8.00. The number of ketones is 1. The molecule has 136 valence electrons. The van der Waals surface area contributed by atoms with Gasteiger partial charge in [-0.25, -0.2) is 0 Å². The Morgan fingerprint density at radius 1 is 1.38 bits per heavy atom. The summed E-state index contributed by atoms with van der Waals surface area (Å²) in [7, 11) is 0. The van der Waals surface area contributed by atoms with E-state index in [1.54, 1.807) is 24.3 Å². The minimum Gasteiger partial charge on any atom is -0.324 e. The standard InChI is InChI=1S/C19H22N4O2S/c1-4-11-23-17(14-9-10-14)21-22-19(23)26-13(3)18(25)20-16-8-6-5-7-15(16)12(2)24/h4-8,13-14H,1,9-11H2,2-3H3,(H,20,25)/t13-/m1/s1. The van der Waals surface area contributed by atoms with Crippen molar-refractivity contribution in [2.24, 2.45) is 0 Å². The van der Waals surface area contributed by atoms with Gasteiger partial charge in [0, 0.05) is 18.0 Å². The molecule has 1 amide bonds. The number of Topliss-reactive ketones (excluding diaryl/α,β-unsaturated/α-hetero) is 1. The van der Waals surface area contributed by atoms with Crippen molar-refractivity contribution in [3.63, 3.8) is 0 Å². The van der Waals surface area contributed by atoms with Crippen LogP contribution in [0.3, 0.4) is 0 Å². The molecule has 0 radical (unpaired) electrons. The largest absolute Gasteiger partial charge is 0.324 e. The topological polar surface area (TPSA) is 76.9 Å². The smallest absolute Gasteiger partial charge is 0.237 e. The summed E-state index contributed by atoms with van der Waals surface area (Å²) in [6.07, 6.45) is 4.09. The van der Waals surface area contributed by atoms with Crippen molar-refractivity contribution in [1.29, 1.82) is 0 Å². The molecule has 0 unspecified atom stereocenters. The molecule has 1 atom stereocenters. The predicted octanol–water partition coefficient (Wildman–Crippen LogP) is 3.66. The molecule has 3 rings (SSSR count). The summed E-state index contributed by atoms with van der Waals surface area (Å²) in [6.45, 7) is 7.73. The van der Waals surface area contributed by atoms with Crippen molar-refractivity contribution in [1.82, 2.24) is 14.8 Å². The lowest BCUT2D eigenvalue weighted by atomic mass is 10.1. The Bertz CT molecular complexity index is 842. The van der Waals surface area contributed by atoms with Crippen LogP contribution in [0.1, 0.15) is 48.8 Å². The Morgan fingerprint density at radius 3 is 2.77 bits per heavy atom. The van der Waals surface area contributed by atoms with Crippen LogP contribution in [0, 0.1) is 0 Å². The molecule has 6 nitrogen and oxygen atoms in total. The monoisotopic (exact) mass is 370 g/mol. The van der Waals surface area contributed by atoms with Gasteiger partial charge in [-0.2, -0.15) is 0 Å². The molecular formula is C19H22N4O2S. The van der Waals surface area contributed by atoms with E-state index < -0.39 is 0 Å². The second kappa shape index (κ2) is 7.86. The number of benzene rings is 1. The molecule has 2 aromatic rings. The normalized spacial score (nSPS) is 14.7. The summed E-state index contributed by atoms with van der Waals surface area (Å²) in [4.78, 5) is 24.3. The van der Waals surface area contributed by atoms with Crippen molar-refractivity contribution in [2.45, 2.75) is 49.6 Å². The third-order valence-electron chi connectivity index (χ3n) is 4.22. The first-order chi connectivity index (χ1) is 12.5. The highest BCUT2D eigenvalue weighted by Crippen LogP contribution is 2.40. The molecule has 7 heteroatoms. The number of carbonyl (C=O) groups is 2. The fraction of sp³-hybridized carbons (Fsp3) is 0.368. The maximum atomic E-state index is 12.6. The number of nitrogens with one attached hydrogen (secondary N) is 1. The molecule has 0 spiro atoms. The average molecular weight is 370 g/mol. The van der Waals surface area contributed by atoms with Crippen LogP contribution in [-0.2, 0) is 11.3 Å². The first-order valence-corrected chi connectivity index (χ1v) is 9.50. The zero-order valence-corrected chi connectivity index (χ0v) is 15.8. The lowest BCUT2D eigenvalue weighted by molar-refractivity contribution is -0.115. The van der Waals surface area contributed by atoms with Crippen molar-refractivity contribution < 1.29 is 9.59 Å². The number of aromatic nitrogens is 3. The maximum absolute atomic E-state index is 12.6. The van der Waals surface area contributed by atoms with Gasteiger partial charge in [0.2, 0.25) is 5.91 Å². The highest BCUT2D eigenvalue weighted by Gasteiger charge is 2.31. The van der Waals surface area contributed by atoms with Crippen LogP contribution in [0.15, 0.2) is 42.1 Å². The van der Waals surface area contributed by atoms with Crippen molar-refractivity contribution in [3.05, 3.63) is 48.3 Å². The molecular weight excluding hydrogens is 348 g/mol. The van der Waals surface area contributed by atoms with Gasteiger partial charge in [-0.1, -0.05) is 30.0 Å². The van der Waals surface area contributed by atoms with Gasteiger partial charge < -0.3 is 9.88 Å². The molecule has 26 heavy (non-hydrogen) atoms. The van der Waals surface area contributed by atoms with E-state index in [-0.39, 0.29) is 16.9 Å². The molecule has 1 N–H and O–H groups in total. The second-order valence-corrected chi connectivity index (χ2v) is 7.67. The number of hydrogen-bond acceptors (Lipinski definition) is 5. The number of para-hydroxylation sites is 1. The number of rotatable bonds is 8. The number of carbonyl (C=O) groups excluding carboxylic acids is 2. The predicted molar refractivity (Wildman–Crippen MR) is 103 cm³/mol. The number of anilines is 1. The van der Waals surface area contributed by atoms with Gasteiger partial charge in [-0.05, 0) is 38.8 Å². The van der Waals surface area contributed by atoms with Crippen molar-refractivity contribution in [2.75, 3.05) is 5.32 Å². The molecule has 1 heterocycles. The lowest BCUT2D eigenvalue weighted by Crippen LogP contribution is -2.24. The Balaban J connectivity index is 1.72. The number of allylic oxidation sites excluding steroid dienone is 1. The zero-order valence-electron chi connectivity index (χ0n) is 14.9. The third-order valence-corrected chi connectivity index (χ3v) is 5.30. The van der Waals surface area contributed by atoms with E-state index in [1.807, 2.05) is 17.6 Å². The van der Waals surface area contributed by atoms with Gasteiger partial charge in [0.05, 0.1) is 10.9 Å². The minimum absolute atomic E-state index is 0.0824. The highest BCUT2D eigenvalue weighted by atomic mass is 32.2. The Morgan fingerprint density at radius 2 is 2.12 bits per heavy atom. The van der Waals surface area contributed by atoms with Crippen LogP contribution in [0.2, 0.25) is 0 Å². The average Bonchev–Trinajstić information content (AvgIpc) is 3.39. The van der Waals surface area contributed by atoms with E-state index in [4.69, 9.17) is 0 Å². The van der Waals surface area contributed by atoms with Crippen LogP contribution in [0.4, 0.5) is 5.69 Å². The maximum Gasteiger partial charge on any atom is 0.237 e. The Kier molecular flexibility index (Phi) is 5.56. The van der Waals surface area contributed by atoms with E-state index in [0.717, 1.165) is 18.7 Å². The Hall–Kier alpha value is -2.41. The van der Waals surface area contributed by atoms with Gasteiger partial charge in [-0.15, -0.1) is 16.8 Å². The number of nitrogens with zero attached hydrogens (tertiary/aromatic N) is 3. The molecule has 0 aliphatic heterocycles. The van der Waals surface area contributed by atoms with Gasteiger partial charge in [0.15, 0.2) is 10.9 Å². The summed E-state index contributed by atoms with van der Waals surface area (Å²) in [6, 6.07) is 7.01. The van der Waals surface area contributed by atoms with E-state index >= 15 is 0 Å². The summed E-state index contributed by atoms with van der Waals surface area (Å²) in [5.74, 6) is 1.19. The lowest BCUT2D eigenvalue weighted by Gasteiger charge is -2.14. The first kappa shape index (κ1) is 18.4. The molecule has 1 aliphatic carbocycles. The zero-order chi connectivity index (χ0) is 18.7. The SMILES string of the molecule is C=CCn1c(S[C@H](C)C(=O)Nc2ccccc2C(C)=O)nnc1C1CC1. The van der Waals surface area contributed by atoms with E-state index in [1.165, 1.54) is 18.7 Å². The summed E-state index contributed by atoms with van der Waals surface area (Å²) < 4.78 is 2.03. The molecule has 1 aliphatic rings. The second-order valence-electron chi connectivity index (χ2n) is 6.37. The molecule has 1 saturated carbocycles. The first-order valence-electron chi connectivity index (χ1n) is 8.62. The van der Waals surface area contributed by atoms with E-state index in [2.05, 4.69) is 22.1 Å². The van der Waals surface area contributed by atoms with Gasteiger partial charge in [-0.3, -0.25) is 9.59 Å².